The van der Waals surface area contributed by atoms with Crippen LogP contribution in [0.15, 0.2) is 61.3 Å². The van der Waals surface area contributed by atoms with Gasteiger partial charge in [-0.2, -0.15) is 10.4 Å². The number of aromatic nitrogens is 6. The van der Waals surface area contributed by atoms with Gasteiger partial charge in [-0.25, -0.2) is 19.6 Å². The fraction of sp³-hybridized carbons (Fsp3) is 0.148. The number of rotatable bonds is 9. The summed E-state index contributed by atoms with van der Waals surface area (Å²) in [6.45, 7) is 2.11. The molecule has 13 nitrogen and oxygen atoms in total. The van der Waals surface area contributed by atoms with Crippen molar-refractivity contribution in [3.63, 3.8) is 0 Å². The Balaban J connectivity index is 1.34. The van der Waals surface area contributed by atoms with Gasteiger partial charge in [-0.1, -0.05) is 0 Å². The Hall–Kier alpha value is -5.77. The molecule has 4 aromatic heterocycles. The molecule has 1 amide bonds. The molecule has 1 N–H and O–H groups in total. The van der Waals surface area contributed by atoms with Crippen molar-refractivity contribution in [2.24, 2.45) is 0 Å². The van der Waals surface area contributed by atoms with E-state index in [1.165, 1.54) is 29.5 Å². The Morgan fingerprint density at radius 2 is 1.80 bits per heavy atom. The van der Waals surface area contributed by atoms with E-state index in [4.69, 9.17) is 24.2 Å². The van der Waals surface area contributed by atoms with Gasteiger partial charge in [-0.15, -0.1) is 0 Å². The molecule has 200 valence electrons. The first kappa shape index (κ1) is 25.9. The van der Waals surface area contributed by atoms with Crippen LogP contribution in [-0.2, 0) is 0 Å². The molecule has 4 heterocycles. The predicted octanol–water partition coefficient (Wildman–Crippen LogP) is 3.94. The number of carbonyl (C=O) groups is 1. The third kappa shape index (κ3) is 5.27. The number of benzene rings is 1. The van der Waals surface area contributed by atoms with E-state index in [2.05, 4.69) is 30.4 Å². The summed E-state index contributed by atoms with van der Waals surface area (Å²) in [5.41, 5.74) is 0.862. The minimum absolute atomic E-state index is 0.0303. The molecular formula is C27H22N8O5. The summed E-state index contributed by atoms with van der Waals surface area (Å²) in [5, 5.41) is 16.7. The Kier molecular flexibility index (Phi) is 7.32. The van der Waals surface area contributed by atoms with E-state index in [0.717, 1.165) is 5.39 Å². The first-order valence-electron chi connectivity index (χ1n) is 11.9. The highest BCUT2D eigenvalue weighted by Gasteiger charge is 2.20. The third-order valence-electron chi connectivity index (χ3n) is 5.60. The maximum Gasteiger partial charge on any atom is 0.281 e. The topological polar surface area (TPSA) is 159 Å². The normalized spacial score (nSPS) is 10.6. The van der Waals surface area contributed by atoms with Gasteiger partial charge in [-0.05, 0) is 31.2 Å². The van der Waals surface area contributed by atoms with Gasteiger partial charge >= 0.3 is 0 Å². The number of nitriles is 1. The fourth-order valence-electron chi connectivity index (χ4n) is 3.74. The molecule has 0 aliphatic carbocycles. The van der Waals surface area contributed by atoms with E-state index >= 15 is 0 Å². The van der Waals surface area contributed by atoms with Crippen LogP contribution in [0.2, 0.25) is 0 Å². The van der Waals surface area contributed by atoms with Gasteiger partial charge in [0.1, 0.15) is 23.4 Å². The second-order valence-electron chi connectivity index (χ2n) is 8.06. The lowest BCUT2D eigenvalue weighted by Gasteiger charge is -2.12. The largest absolute Gasteiger partial charge is 0.493 e. The predicted molar refractivity (Wildman–Crippen MR) is 142 cm³/mol. The van der Waals surface area contributed by atoms with Gasteiger partial charge in [0.15, 0.2) is 34.5 Å². The Labute approximate surface area is 228 Å². The molecule has 40 heavy (non-hydrogen) atoms. The lowest BCUT2D eigenvalue weighted by atomic mass is 10.2. The number of amides is 1. The van der Waals surface area contributed by atoms with Crippen LogP contribution in [0, 0.1) is 11.3 Å². The second kappa shape index (κ2) is 11.3. The van der Waals surface area contributed by atoms with E-state index in [-0.39, 0.29) is 23.0 Å². The molecular weight excluding hydrogens is 516 g/mol. The number of ether oxygens (including phenoxy) is 4. The Morgan fingerprint density at radius 3 is 2.48 bits per heavy atom. The summed E-state index contributed by atoms with van der Waals surface area (Å²) in [5.74, 6) is 2.40. The number of anilines is 1. The van der Waals surface area contributed by atoms with Crippen molar-refractivity contribution in [1.82, 2.24) is 29.7 Å². The minimum atomic E-state index is -0.536. The molecule has 0 radical (unpaired) electrons. The van der Waals surface area contributed by atoms with Crippen LogP contribution in [0.1, 0.15) is 23.1 Å². The number of pyridine rings is 2. The van der Waals surface area contributed by atoms with Crippen molar-refractivity contribution >= 4 is 22.6 Å². The average molecular weight is 539 g/mol. The molecule has 0 unspecified atom stereocenters. The van der Waals surface area contributed by atoms with E-state index in [9.17, 15) is 4.79 Å². The van der Waals surface area contributed by atoms with Crippen LogP contribution in [0.5, 0.6) is 28.7 Å². The first-order chi connectivity index (χ1) is 19.5. The highest BCUT2D eigenvalue weighted by molar-refractivity contribution is 6.04. The number of methoxy groups -OCH3 is 2. The van der Waals surface area contributed by atoms with Crippen molar-refractivity contribution in [3.05, 3.63) is 72.7 Å². The number of fused-ring (bicyclic) bond motifs is 1. The van der Waals surface area contributed by atoms with Gasteiger partial charge < -0.3 is 24.3 Å². The molecule has 0 saturated carbocycles. The molecule has 13 heteroatoms. The van der Waals surface area contributed by atoms with Crippen LogP contribution in [0.3, 0.4) is 0 Å². The maximum atomic E-state index is 13.0. The van der Waals surface area contributed by atoms with Crippen LogP contribution in [0.4, 0.5) is 5.82 Å². The van der Waals surface area contributed by atoms with E-state index < -0.39 is 5.91 Å². The maximum absolute atomic E-state index is 13.0. The average Bonchev–Trinajstić information content (AvgIpc) is 3.42. The standard InChI is InChI=1S/C27H22N8O5/c1-4-39-23-15-35(25-14-30-16(11-28)12-32-25)34-26(23)27(36)33-24-6-5-17(13-31-24)40-20-7-8-29-19-10-22(38-3)21(37-2)9-18(19)20/h5-10,12-15H,4H2,1-3H3,(H,31,33,36). The van der Waals surface area contributed by atoms with Gasteiger partial charge in [-0.3, -0.25) is 9.78 Å². The van der Waals surface area contributed by atoms with Gasteiger partial charge in [0.05, 0.1) is 51.1 Å². The van der Waals surface area contributed by atoms with Crippen LogP contribution in [0.25, 0.3) is 16.7 Å². The molecule has 0 atom stereocenters. The van der Waals surface area contributed by atoms with Crippen molar-refractivity contribution in [2.75, 3.05) is 26.1 Å². The fourth-order valence-corrected chi connectivity index (χ4v) is 3.74. The molecule has 0 aliphatic heterocycles. The Morgan fingerprint density at radius 1 is 0.975 bits per heavy atom. The van der Waals surface area contributed by atoms with Crippen molar-refractivity contribution in [2.45, 2.75) is 6.92 Å². The molecule has 0 aliphatic rings. The summed E-state index contributed by atoms with van der Waals surface area (Å²) in [4.78, 5) is 29.8. The van der Waals surface area contributed by atoms with E-state index in [1.54, 1.807) is 57.7 Å². The molecule has 5 rings (SSSR count). The molecule has 0 fully saturated rings. The van der Waals surface area contributed by atoms with Gasteiger partial charge in [0, 0.05) is 17.6 Å². The zero-order valence-corrected chi connectivity index (χ0v) is 21.7. The first-order valence-corrected chi connectivity index (χ1v) is 11.9. The molecule has 0 saturated heterocycles. The molecule has 5 aromatic rings. The molecule has 0 spiro atoms. The van der Waals surface area contributed by atoms with Crippen molar-refractivity contribution in [1.29, 1.82) is 5.26 Å². The number of carbonyl (C=O) groups excluding carboxylic acids is 1. The van der Waals surface area contributed by atoms with Crippen molar-refractivity contribution in [3.8, 4) is 40.6 Å². The van der Waals surface area contributed by atoms with Crippen molar-refractivity contribution < 1.29 is 23.7 Å². The summed E-state index contributed by atoms with van der Waals surface area (Å²) in [6.07, 6.45) is 7.32. The summed E-state index contributed by atoms with van der Waals surface area (Å²) < 4.78 is 23.7. The lowest BCUT2D eigenvalue weighted by Crippen LogP contribution is -2.15. The zero-order chi connectivity index (χ0) is 28.1. The smallest absolute Gasteiger partial charge is 0.281 e. The number of nitrogens with zero attached hydrogens (tertiary/aromatic N) is 7. The van der Waals surface area contributed by atoms with E-state index in [0.29, 0.717) is 40.9 Å². The molecule has 1 aromatic carbocycles. The lowest BCUT2D eigenvalue weighted by molar-refractivity contribution is 0.101. The minimum Gasteiger partial charge on any atom is -0.493 e. The summed E-state index contributed by atoms with van der Waals surface area (Å²) in [6, 6.07) is 10.5. The summed E-state index contributed by atoms with van der Waals surface area (Å²) in [7, 11) is 3.11. The van der Waals surface area contributed by atoms with Crippen LogP contribution in [-0.4, -0.2) is 56.5 Å². The highest BCUT2D eigenvalue weighted by atomic mass is 16.5. The number of hydrogen-bond acceptors (Lipinski definition) is 11. The third-order valence-corrected chi connectivity index (χ3v) is 5.60. The van der Waals surface area contributed by atoms with Crippen LogP contribution >= 0.6 is 0 Å². The van der Waals surface area contributed by atoms with Gasteiger partial charge in [0.25, 0.3) is 5.91 Å². The monoisotopic (exact) mass is 538 g/mol. The van der Waals surface area contributed by atoms with Gasteiger partial charge in [0.2, 0.25) is 0 Å². The van der Waals surface area contributed by atoms with Crippen LogP contribution < -0.4 is 24.3 Å². The zero-order valence-electron chi connectivity index (χ0n) is 21.7. The molecule has 0 bridgehead atoms. The van der Waals surface area contributed by atoms with E-state index in [1.807, 2.05) is 6.07 Å². The number of hydrogen-bond donors (Lipinski definition) is 1. The highest BCUT2D eigenvalue weighted by Crippen LogP contribution is 2.36. The number of nitrogens with one attached hydrogen (secondary N) is 1. The summed E-state index contributed by atoms with van der Waals surface area (Å²) >= 11 is 0. The Bertz CT molecular complexity index is 1710. The quantitative estimate of drug-likeness (QED) is 0.290. The second-order valence-corrected chi connectivity index (χ2v) is 8.06. The SMILES string of the molecule is CCOc1cn(-c2cnc(C#N)cn2)nc1C(=O)Nc1ccc(Oc2ccnc3cc(OC)c(OC)cc23)cn1.